The van der Waals surface area contributed by atoms with Gasteiger partial charge in [0.25, 0.3) is 0 Å². The van der Waals surface area contributed by atoms with Gasteiger partial charge in [-0.15, -0.1) is 6.58 Å². The molecule has 0 unspecified atom stereocenters. The van der Waals surface area contributed by atoms with E-state index >= 15 is 0 Å². The summed E-state index contributed by atoms with van der Waals surface area (Å²) in [5.74, 6) is -1.46. The second-order valence-electron chi connectivity index (χ2n) is 12.4. The second kappa shape index (κ2) is 11.3. The number of hydrogen-bond donors (Lipinski definition) is 1. The summed E-state index contributed by atoms with van der Waals surface area (Å²) in [5.41, 5.74) is -2.22. The molecule has 0 bridgehead atoms. The molecule has 43 heavy (non-hydrogen) atoms. The van der Waals surface area contributed by atoms with E-state index in [0.29, 0.717) is 29.0 Å². The molecule has 5 rings (SSSR count). The smallest absolute Gasteiger partial charge is 0.411 e. The Morgan fingerprint density at radius 3 is 2.56 bits per heavy atom. The summed E-state index contributed by atoms with van der Waals surface area (Å²) in [5, 5.41) is 4.08. The van der Waals surface area contributed by atoms with E-state index in [1.807, 2.05) is 0 Å². The molecule has 1 aromatic heterocycles. The Hall–Kier alpha value is -3.38. The number of amides is 2. The lowest BCUT2D eigenvalue weighted by Crippen LogP contribution is -2.54. The molecule has 2 amide bonds. The molecular weight excluding hydrogens is 598 g/mol. The molecule has 4 atom stereocenters. The van der Waals surface area contributed by atoms with Crippen molar-refractivity contribution in [3.8, 4) is 11.6 Å². The third kappa shape index (κ3) is 6.45. The number of carbonyl (C=O) groups excluding carboxylic acids is 3. The van der Waals surface area contributed by atoms with Crippen LogP contribution in [0.5, 0.6) is 11.6 Å². The predicted molar refractivity (Wildman–Crippen MR) is 160 cm³/mol. The van der Waals surface area contributed by atoms with E-state index < -0.39 is 67.8 Å². The molecule has 1 aliphatic heterocycles. The van der Waals surface area contributed by atoms with Crippen molar-refractivity contribution in [3.63, 3.8) is 0 Å². The van der Waals surface area contributed by atoms with E-state index in [9.17, 15) is 22.8 Å². The first-order chi connectivity index (χ1) is 20.2. The van der Waals surface area contributed by atoms with Crippen LogP contribution in [0.4, 0.5) is 4.79 Å². The molecule has 3 fully saturated rings. The van der Waals surface area contributed by atoms with Crippen LogP contribution >= 0.6 is 11.6 Å². The number of benzene rings is 1. The highest BCUT2D eigenvalue weighted by molar-refractivity contribution is 7.93. The number of fused-ring (bicyclic) bond motifs is 1. The highest BCUT2D eigenvalue weighted by atomic mass is 35.5. The number of nitrogens with one attached hydrogen (secondary N) is 1. The van der Waals surface area contributed by atoms with Gasteiger partial charge in [0.2, 0.25) is 11.8 Å². The van der Waals surface area contributed by atoms with Gasteiger partial charge in [-0.3, -0.25) is 14.5 Å². The second-order valence-corrected chi connectivity index (χ2v) is 15.1. The van der Waals surface area contributed by atoms with Crippen LogP contribution < -0.4 is 14.8 Å². The quantitative estimate of drug-likeness (QED) is 0.386. The van der Waals surface area contributed by atoms with Gasteiger partial charge in [0, 0.05) is 28.1 Å². The van der Waals surface area contributed by atoms with Crippen molar-refractivity contribution in [3.05, 3.63) is 42.1 Å². The molecular formula is C30H36ClN3O8S. The summed E-state index contributed by atoms with van der Waals surface area (Å²) < 4.78 is 42.4. The van der Waals surface area contributed by atoms with E-state index in [2.05, 4.69) is 16.9 Å². The third-order valence-corrected chi connectivity index (χ3v) is 10.4. The number of halogens is 1. The first-order valence-electron chi connectivity index (χ1n) is 14.2. The van der Waals surface area contributed by atoms with Gasteiger partial charge in [0.15, 0.2) is 15.6 Å². The Bertz CT molecular complexity index is 1590. The van der Waals surface area contributed by atoms with E-state index in [1.54, 1.807) is 45.0 Å². The zero-order chi connectivity index (χ0) is 31.3. The van der Waals surface area contributed by atoms with Crippen molar-refractivity contribution in [2.24, 2.45) is 5.92 Å². The number of nitrogens with zero attached hydrogens (tertiary/aromatic N) is 2. The third-order valence-electron chi connectivity index (χ3n) is 7.98. The fourth-order valence-electron chi connectivity index (χ4n) is 5.50. The first kappa shape index (κ1) is 31.1. The monoisotopic (exact) mass is 633 g/mol. The molecule has 0 spiro atoms. The number of aromatic nitrogens is 1. The van der Waals surface area contributed by atoms with E-state index in [4.69, 9.17) is 25.8 Å². The number of rotatable bonds is 10. The van der Waals surface area contributed by atoms with Crippen LogP contribution in [0.3, 0.4) is 0 Å². The van der Waals surface area contributed by atoms with E-state index in [1.165, 1.54) is 18.2 Å². The van der Waals surface area contributed by atoms with Crippen LogP contribution in [0, 0.1) is 5.92 Å². The summed E-state index contributed by atoms with van der Waals surface area (Å²) in [4.78, 5) is 46.0. The molecule has 1 saturated heterocycles. The zero-order valence-electron chi connectivity index (χ0n) is 24.6. The van der Waals surface area contributed by atoms with Gasteiger partial charge in [0.05, 0.1) is 25.1 Å². The average molecular weight is 634 g/mol. The molecule has 2 aromatic rings. The minimum Gasteiger partial charge on any atom is -0.494 e. The van der Waals surface area contributed by atoms with Crippen LogP contribution in [-0.4, -0.2) is 84.0 Å². The Morgan fingerprint density at radius 1 is 1.23 bits per heavy atom. The molecule has 11 nitrogen and oxygen atoms in total. The topological polar surface area (TPSA) is 141 Å². The summed E-state index contributed by atoms with van der Waals surface area (Å²) >= 11 is 6.25. The summed E-state index contributed by atoms with van der Waals surface area (Å²) in [6.45, 7) is 8.91. The van der Waals surface area contributed by atoms with Crippen LogP contribution in [0.15, 0.2) is 37.1 Å². The zero-order valence-corrected chi connectivity index (χ0v) is 26.2. The highest BCUT2D eigenvalue weighted by Crippen LogP contribution is 2.46. The first-order valence-corrected chi connectivity index (χ1v) is 16.2. The number of hydrogen-bond acceptors (Lipinski definition) is 9. The largest absolute Gasteiger partial charge is 0.494 e. The van der Waals surface area contributed by atoms with E-state index in [0.717, 1.165) is 5.39 Å². The Morgan fingerprint density at radius 2 is 1.95 bits per heavy atom. The molecule has 3 aliphatic rings. The van der Waals surface area contributed by atoms with Crippen molar-refractivity contribution in [1.82, 2.24) is 15.2 Å². The molecule has 13 heteroatoms. The van der Waals surface area contributed by atoms with Gasteiger partial charge in [-0.2, -0.15) is 0 Å². The lowest BCUT2D eigenvalue weighted by atomic mass is 10.1. The Balaban J connectivity index is 1.39. The molecule has 2 heterocycles. The van der Waals surface area contributed by atoms with Crippen molar-refractivity contribution >= 4 is 50.0 Å². The molecule has 2 saturated carbocycles. The number of methoxy groups -OCH3 is 1. The fraction of sp³-hybridized carbons (Fsp3) is 0.533. The van der Waals surface area contributed by atoms with Gasteiger partial charge < -0.3 is 19.5 Å². The lowest BCUT2D eigenvalue weighted by molar-refractivity contribution is -0.130. The number of carbonyl (C=O) groups is 3. The number of sulfone groups is 1. The Labute approximate surface area is 255 Å². The maximum absolute atomic E-state index is 13.8. The number of ether oxygens (including phenoxy) is 3. The summed E-state index contributed by atoms with van der Waals surface area (Å²) in [7, 11) is -2.07. The predicted octanol–water partition coefficient (Wildman–Crippen LogP) is 3.86. The fourth-order valence-corrected chi connectivity index (χ4v) is 7.38. The SMILES string of the molecule is C=C[C@@H]1C[C@]1(NC(=O)[C@@H]1C[C@@H](Oc2ncc(OC)c3ccc(Cl)cc23)CN1C(=O)OC(C)(C)C)C(=O)CS(=O)(=O)C1CC1. The molecule has 1 N–H and O–H groups in total. The van der Waals surface area contributed by atoms with E-state index in [-0.39, 0.29) is 25.3 Å². The standard InChI is InChI=1S/C30H36ClN3O8S/c1-6-17-13-30(17,25(35)16-43(38,39)20-8-9-20)33-26(36)23-12-19(15-34(23)28(37)42-29(2,3)4)41-27-22-11-18(31)7-10-21(22)24(40-5)14-32-27/h6-7,10-11,14,17,19-20,23H,1,8-9,12-13,15-16H2,2-5H3,(H,33,36)/t17-,19-,23+,30-/m1/s1. The maximum Gasteiger partial charge on any atom is 0.411 e. The van der Waals surface area contributed by atoms with Crippen LogP contribution in [0.25, 0.3) is 10.8 Å². The molecule has 232 valence electrons. The van der Waals surface area contributed by atoms with Crippen molar-refractivity contribution in [1.29, 1.82) is 0 Å². The average Bonchev–Trinajstić information content (AvgIpc) is 3.85. The Kier molecular flexibility index (Phi) is 8.14. The minimum atomic E-state index is -3.59. The van der Waals surface area contributed by atoms with Crippen LogP contribution in [-0.2, 0) is 24.2 Å². The normalized spacial score (nSPS) is 25.2. The van der Waals surface area contributed by atoms with Gasteiger partial charge in [0.1, 0.15) is 34.8 Å². The number of pyridine rings is 1. The molecule has 0 radical (unpaired) electrons. The lowest BCUT2D eigenvalue weighted by Gasteiger charge is -2.29. The number of likely N-dealkylation sites (tertiary alicyclic amines) is 1. The van der Waals surface area contributed by atoms with Gasteiger partial charge in [-0.1, -0.05) is 17.7 Å². The molecule has 2 aliphatic carbocycles. The van der Waals surface area contributed by atoms with Gasteiger partial charge in [-0.05, 0) is 58.2 Å². The van der Waals surface area contributed by atoms with Gasteiger partial charge in [-0.25, -0.2) is 18.2 Å². The van der Waals surface area contributed by atoms with Crippen molar-refractivity contribution in [2.45, 2.75) is 75.0 Å². The van der Waals surface area contributed by atoms with Crippen LogP contribution in [0.2, 0.25) is 5.02 Å². The van der Waals surface area contributed by atoms with Crippen molar-refractivity contribution in [2.75, 3.05) is 19.4 Å². The molecule has 1 aromatic carbocycles. The minimum absolute atomic E-state index is 0.00462. The van der Waals surface area contributed by atoms with Gasteiger partial charge >= 0.3 is 6.09 Å². The van der Waals surface area contributed by atoms with Crippen LogP contribution in [0.1, 0.15) is 46.5 Å². The summed E-state index contributed by atoms with van der Waals surface area (Å²) in [6, 6.07) is 4.15. The number of Topliss-reactive ketones (excluding diaryl/α,β-unsaturated/α-hetero) is 1. The number of ketones is 1. The van der Waals surface area contributed by atoms with Crippen molar-refractivity contribution < 1.29 is 37.0 Å². The summed E-state index contributed by atoms with van der Waals surface area (Å²) in [6.07, 6.45) is 3.07. The maximum atomic E-state index is 13.8. The highest BCUT2D eigenvalue weighted by Gasteiger charge is 2.61.